The molecule has 0 bridgehead atoms. The molecule has 0 atom stereocenters. The SMILES string of the molecule is CC1(C)Cc2cccc(OCC#CCNC(=O)c3ccc(S(=O)(=O)N4CCOCC4)cc3)c2O1. The highest BCUT2D eigenvalue weighted by atomic mass is 32.2. The molecule has 2 heterocycles. The summed E-state index contributed by atoms with van der Waals surface area (Å²) in [4.78, 5) is 12.5. The molecule has 1 fully saturated rings. The van der Waals surface area contributed by atoms with E-state index in [0.717, 1.165) is 17.7 Å². The van der Waals surface area contributed by atoms with Gasteiger partial charge in [0.1, 0.15) is 12.2 Å². The standard InChI is InChI=1S/C25H28N2O6S/c1-25(2)18-20-6-5-7-22(23(20)33-25)32-15-4-3-12-26-24(28)19-8-10-21(11-9-19)34(29,30)27-13-16-31-17-14-27/h5-11H,12-18H2,1-2H3,(H,26,28). The molecule has 0 aromatic heterocycles. The molecule has 0 spiro atoms. The molecule has 2 aromatic carbocycles. The molecule has 2 aliphatic heterocycles. The lowest BCUT2D eigenvalue weighted by Crippen LogP contribution is -2.40. The van der Waals surface area contributed by atoms with Crippen molar-refractivity contribution in [3.05, 3.63) is 53.6 Å². The molecule has 1 saturated heterocycles. The number of hydrogen-bond acceptors (Lipinski definition) is 6. The third-order valence-electron chi connectivity index (χ3n) is 5.54. The fraction of sp³-hybridized carbons (Fsp3) is 0.400. The summed E-state index contributed by atoms with van der Waals surface area (Å²) >= 11 is 0. The summed E-state index contributed by atoms with van der Waals surface area (Å²) in [6.45, 7) is 5.80. The predicted octanol–water partition coefficient (Wildman–Crippen LogP) is 2.23. The van der Waals surface area contributed by atoms with Gasteiger partial charge in [0, 0.05) is 30.6 Å². The van der Waals surface area contributed by atoms with Gasteiger partial charge >= 0.3 is 0 Å². The van der Waals surface area contributed by atoms with Crippen molar-refractivity contribution in [2.45, 2.75) is 30.8 Å². The zero-order valence-electron chi connectivity index (χ0n) is 19.3. The minimum absolute atomic E-state index is 0.145. The van der Waals surface area contributed by atoms with Gasteiger partial charge in [0.05, 0.1) is 24.7 Å². The maximum atomic E-state index is 12.7. The van der Waals surface area contributed by atoms with Crippen molar-refractivity contribution in [1.82, 2.24) is 9.62 Å². The van der Waals surface area contributed by atoms with Crippen molar-refractivity contribution in [2.24, 2.45) is 0 Å². The normalized spacial score (nSPS) is 17.1. The van der Waals surface area contributed by atoms with Crippen LogP contribution in [0.3, 0.4) is 0 Å². The Hall–Kier alpha value is -3.06. The highest BCUT2D eigenvalue weighted by molar-refractivity contribution is 7.89. The number of morpholine rings is 1. The molecule has 0 radical (unpaired) electrons. The summed E-state index contributed by atoms with van der Waals surface area (Å²) in [7, 11) is -3.59. The molecular weight excluding hydrogens is 456 g/mol. The second-order valence-corrected chi connectivity index (χ2v) is 10.6. The number of rotatable bonds is 6. The van der Waals surface area contributed by atoms with Crippen LogP contribution in [0.1, 0.15) is 29.8 Å². The lowest BCUT2D eigenvalue weighted by molar-refractivity contribution is 0.0730. The molecule has 8 nitrogen and oxygen atoms in total. The van der Waals surface area contributed by atoms with E-state index in [-0.39, 0.29) is 29.6 Å². The van der Waals surface area contributed by atoms with Crippen molar-refractivity contribution in [3.63, 3.8) is 0 Å². The zero-order chi connectivity index (χ0) is 24.2. The number of fused-ring (bicyclic) bond motifs is 1. The smallest absolute Gasteiger partial charge is 0.252 e. The van der Waals surface area contributed by atoms with Gasteiger partial charge in [0.25, 0.3) is 5.91 Å². The molecule has 2 aliphatic rings. The van der Waals surface area contributed by atoms with Gasteiger partial charge in [-0.05, 0) is 44.2 Å². The Bertz CT molecular complexity index is 1210. The minimum Gasteiger partial charge on any atom is -0.483 e. The molecule has 1 N–H and O–H groups in total. The second-order valence-electron chi connectivity index (χ2n) is 8.65. The molecule has 34 heavy (non-hydrogen) atoms. The predicted molar refractivity (Wildman–Crippen MR) is 126 cm³/mol. The lowest BCUT2D eigenvalue weighted by atomic mass is 10.0. The van der Waals surface area contributed by atoms with Crippen molar-refractivity contribution < 1.29 is 27.4 Å². The van der Waals surface area contributed by atoms with Gasteiger partial charge in [-0.15, -0.1) is 0 Å². The van der Waals surface area contributed by atoms with Crippen LogP contribution in [0.2, 0.25) is 0 Å². The number of amides is 1. The molecular formula is C25H28N2O6S. The van der Waals surface area contributed by atoms with Gasteiger partial charge in [-0.3, -0.25) is 4.79 Å². The largest absolute Gasteiger partial charge is 0.483 e. The van der Waals surface area contributed by atoms with Crippen molar-refractivity contribution >= 4 is 15.9 Å². The van der Waals surface area contributed by atoms with Crippen LogP contribution in [0.5, 0.6) is 11.5 Å². The summed E-state index contributed by atoms with van der Waals surface area (Å²) in [5.41, 5.74) is 1.23. The summed E-state index contributed by atoms with van der Waals surface area (Å²) < 4.78 is 43.7. The number of hydrogen-bond donors (Lipinski definition) is 1. The third-order valence-corrected chi connectivity index (χ3v) is 7.45. The Morgan fingerprint density at radius 2 is 1.85 bits per heavy atom. The molecule has 1 amide bonds. The van der Waals surface area contributed by atoms with Crippen molar-refractivity contribution in [1.29, 1.82) is 0 Å². The zero-order valence-corrected chi connectivity index (χ0v) is 20.1. The first-order chi connectivity index (χ1) is 16.3. The van der Waals surface area contributed by atoms with Crippen LogP contribution in [0.4, 0.5) is 0 Å². The van der Waals surface area contributed by atoms with E-state index in [2.05, 4.69) is 17.2 Å². The average Bonchev–Trinajstić information content (AvgIpc) is 3.16. The Labute approximate surface area is 200 Å². The lowest BCUT2D eigenvalue weighted by Gasteiger charge is -2.26. The van der Waals surface area contributed by atoms with Crippen molar-refractivity contribution in [2.75, 3.05) is 39.5 Å². The maximum Gasteiger partial charge on any atom is 0.252 e. The van der Waals surface area contributed by atoms with E-state index in [0.29, 0.717) is 37.6 Å². The number of nitrogens with zero attached hydrogens (tertiary/aromatic N) is 1. The van der Waals surface area contributed by atoms with Gasteiger partial charge in [-0.2, -0.15) is 4.31 Å². The number of para-hydroxylation sites is 1. The first kappa shape index (κ1) is 24.1. The van der Waals surface area contributed by atoms with Crippen LogP contribution in [0.25, 0.3) is 0 Å². The molecule has 4 rings (SSSR count). The van der Waals surface area contributed by atoms with Crippen LogP contribution in [-0.2, 0) is 21.2 Å². The summed E-state index contributed by atoms with van der Waals surface area (Å²) in [5.74, 6) is 6.83. The topological polar surface area (TPSA) is 94.2 Å². The Balaban J connectivity index is 1.26. The number of sulfonamides is 1. The molecule has 180 valence electrons. The van der Waals surface area contributed by atoms with E-state index in [4.69, 9.17) is 14.2 Å². The Kier molecular flexibility index (Phi) is 7.12. The monoisotopic (exact) mass is 484 g/mol. The first-order valence-corrected chi connectivity index (χ1v) is 12.6. The fourth-order valence-corrected chi connectivity index (χ4v) is 5.28. The maximum absolute atomic E-state index is 12.7. The van der Waals surface area contributed by atoms with Gasteiger partial charge < -0.3 is 19.5 Å². The van der Waals surface area contributed by atoms with E-state index in [1.807, 2.05) is 32.0 Å². The van der Waals surface area contributed by atoms with Gasteiger partial charge in [-0.1, -0.05) is 24.0 Å². The highest BCUT2D eigenvalue weighted by Gasteiger charge is 2.32. The van der Waals surface area contributed by atoms with Crippen LogP contribution in [0.15, 0.2) is 47.4 Å². The quantitative estimate of drug-likeness (QED) is 0.632. The van der Waals surface area contributed by atoms with Crippen molar-refractivity contribution in [3.8, 4) is 23.3 Å². The van der Waals surface area contributed by atoms with Gasteiger partial charge in [-0.25, -0.2) is 8.42 Å². The van der Waals surface area contributed by atoms with E-state index < -0.39 is 10.0 Å². The summed E-state index contributed by atoms with van der Waals surface area (Å²) in [6, 6.07) is 11.7. The fourth-order valence-electron chi connectivity index (χ4n) is 3.87. The number of nitrogens with one attached hydrogen (secondary N) is 1. The Morgan fingerprint density at radius 1 is 1.12 bits per heavy atom. The number of carbonyl (C=O) groups excluding carboxylic acids is 1. The van der Waals surface area contributed by atoms with E-state index in [1.54, 1.807) is 0 Å². The highest BCUT2D eigenvalue weighted by Crippen LogP contribution is 2.41. The summed E-state index contributed by atoms with van der Waals surface area (Å²) in [6.07, 6.45) is 0.831. The molecule has 0 aliphatic carbocycles. The summed E-state index contributed by atoms with van der Waals surface area (Å²) in [5, 5.41) is 2.70. The number of ether oxygens (including phenoxy) is 3. The average molecular weight is 485 g/mol. The molecule has 2 aromatic rings. The van der Waals surface area contributed by atoms with Crippen LogP contribution < -0.4 is 14.8 Å². The van der Waals surface area contributed by atoms with Gasteiger partial charge in [0.2, 0.25) is 10.0 Å². The van der Waals surface area contributed by atoms with Crippen LogP contribution >= 0.6 is 0 Å². The molecule has 0 unspecified atom stereocenters. The van der Waals surface area contributed by atoms with E-state index in [1.165, 1.54) is 28.6 Å². The minimum atomic E-state index is -3.59. The van der Waals surface area contributed by atoms with Gasteiger partial charge in [0.15, 0.2) is 11.5 Å². The third kappa shape index (κ3) is 5.53. The van der Waals surface area contributed by atoms with Crippen LogP contribution in [-0.4, -0.2) is 63.7 Å². The van der Waals surface area contributed by atoms with E-state index >= 15 is 0 Å². The van der Waals surface area contributed by atoms with E-state index in [9.17, 15) is 13.2 Å². The number of benzene rings is 2. The molecule has 0 saturated carbocycles. The number of carbonyl (C=O) groups is 1. The molecule has 9 heteroatoms. The second kappa shape index (κ2) is 10.1. The van der Waals surface area contributed by atoms with Crippen LogP contribution in [0, 0.1) is 11.8 Å². The Morgan fingerprint density at radius 3 is 2.59 bits per heavy atom. The first-order valence-electron chi connectivity index (χ1n) is 11.1.